The first-order valence-electron chi connectivity index (χ1n) is 8.47. The average molecular weight is 332 g/mol. The molecule has 0 N–H and O–H groups in total. The third-order valence-electron chi connectivity index (χ3n) is 5.90. The van der Waals surface area contributed by atoms with Crippen LogP contribution < -0.4 is 0 Å². The van der Waals surface area contributed by atoms with Crippen LogP contribution in [-0.2, 0) is 16.5 Å². The summed E-state index contributed by atoms with van der Waals surface area (Å²) in [5.74, 6) is 0.0347. The maximum absolute atomic E-state index is 13.2. The zero-order valence-electron chi connectivity index (χ0n) is 14.4. The quantitative estimate of drug-likeness (QED) is 0.854. The van der Waals surface area contributed by atoms with Crippen LogP contribution in [0.1, 0.15) is 36.0 Å². The maximum atomic E-state index is 13.2. The molecule has 1 amide bonds. The number of aryl methyl sites for hydroxylation is 1. The third kappa shape index (κ3) is 2.11. The van der Waals surface area contributed by atoms with Crippen molar-refractivity contribution in [3.05, 3.63) is 24.2 Å². The first kappa shape index (κ1) is 15.7. The van der Waals surface area contributed by atoms with Gasteiger partial charge >= 0.3 is 0 Å². The number of carbonyl (C=O) groups is 1. The second-order valence-electron chi connectivity index (χ2n) is 6.90. The number of hydrogen-bond donors (Lipinski definition) is 0. The van der Waals surface area contributed by atoms with E-state index in [2.05, 4.69) is 5.10 Å². The summed E-state index contributed by atoms with van der Waals surface area (Å²) in [5.41, 5.74) is 1.24. The van der Waals surface area contributed by atoms with Crippen molar-refractivity contribution in [3.63, 3.8) is 0 Å². The van der Waals surface area contributed by atoms with Gasteiger partial charge in [0.2, 0.25) is 0 Å². The smallest absolute Gasteiger partial charge is 0.259 e. The zero-order chi connectivity index (χ0) is 16.9. The fourth-order valence-corrected chi connectivity index (χ4v) is 4.48. The molecule has 2 aliphatic rings. The lowest BCUT2D eigenvalue weighted by molar-refractivity contribution is -0.0893. The zero-order valence-corrected chi connectivity index (χ0v) is 14.4. The number of aromatic nitrogens is 3. The Morgan fingerprint density at radius 2 is 2.17 bits per heavy atom. The Labute approximate surface area is 141 Å². The lowest BCUT2D eigenvalue weighted by Gasteiger charge is -2.43. The van der Waals surface area contributed by atoms with Crippen LogP contribution in [0.5, 0.6) is 0 Å². The fourth-order valence-electron chi connectivity index (χ4n) is 4.48. The third-order valence-corrected chi connectivity index (χ3v) is 5.90. The van der Waals surface area contributed by atoms with Gasteiger partial charge < -0.3 is 18.9 Å². The summed E-state index contributed by atoms with van der Waals surface area (Å²) in [5, 5.41) is 4.30. The number of likely N-dealkylation sites (tertiary alicyclic amines) is 1. The number of carbonyl (C=O) groups excluding carboxylic acids is 1. The SMILES string of the molecule is CO[C@@H]1CC[C@@]2(OC)CCN(C(=O)c3cnn4ccn(C)c34)[C@H]2C1. The summed E-state index contributed by atoms with van der Waals surface area (Å²) < 4.78 is 15.2. The standard InChI is InChI=1S/C17H24N4O3/c1-19-8-9-21-15(19)13(11-18-21)16(22)20-7-6-17(24-3)5-4-12(23-2)10-14(17)20/h8-9,11-12,14H,4-7,10H2,1-3H3/t12-,14+,17-/m1/s1. The lowest BCUT2D eigenvalue weighted by atomic mass is 9.79. The molecule has 2 fully saturated rings. The van der Waals surface area contributed by atoms with Crippen LogP contribution in [0, 0.1) is 0 Å². The molecule has 3 atom stereocenters. The topological polar surface area (TPSA) is 61.0 Å². The molecular weight excluding hydrogens is 308 g/mol. The highest BCUT2D eigenvalue weighted by atomic mass is 16.5. The monoisotopic (exact) mass is 332 g/mol. The number of ether oxygens (including phenoxy) is 2. The summed E-state index contributed by atoms with van der Waals surface area (Å²) in [7, 11) is 5.44. The Bertz CT molecular complexity index is 767. The van der Waals surface area contributed by atoms with Gasteiger partial charge in [-0.2, -0.15) is 5.10 Å². The van der Waals surface area contributed by atoms with E-state index >= 15 is 0 Å². The molecule has 1 aliphatic carbocycles. The minimum atomic E-state index is -0.231. The van der Waals surface area contributed by atoms with Crippen LogP contribution in [0.4, 0.5) is 0 Å². The van der Waals surface area contributed by atoms with Crippen LogP contribution in [0.15, 0.2) is 18.6 Å². The normalized spacial score (nSPS) is 30.0. The minimum absolute atomic E-state index is 0.0347. The van der Waals surface area contributed by atoms with Crippen molar-refractivity contribution in [2.45, 2.75) is 43.4 Å². The summed E-state index contributed by atoms with van der Waals surface area (Å²) in [6.45, 7) is 0.718. The predicted molar refractivity (Wildman–Crippen MR) is 88.0 cm³/mol. The molecule has 2 aromatic rings. The van der Waals surface area contributed by atoms with E-state index in [0.29, 0.717) is 5.56 Å². The lowest BCUT2D eigenvalue weighted by Crippen LogP contribution is -2.53. The van der Waals surface area contributed by atoms with E-state index in [0.717, 1.165) is 37.9 Å². The number of methoxy groups -OCH3 is 2. The number of rotatable bonds is 3. The van der Waals surface area contributed by atoms with Crippen molar-refractivity contribution in [1.82, 2.24) is 19.1 Å². The van der Waals surface area contributed by atoms with E-state index < -0.39 is 0 Å². The number of nitrogens with zero attached hydrogens (tertiary/aromatic N) is 4. The van der Waals surface area contributed by atoms with E-state index in [1.807, 2.05) is 28.9 Å². The molecule has 24 heavy (non-hydrogen) atoms. The first-order valence-corrected chi connectivity index (χ1v) is 8.47. The van der Waals surface area contributed by atoms with Crippen molar-refractivity contribution in [2.75, 3.05) is 20.8 Å². The van der Waals surface area contributed by atoms with E-state index in [1.165, 1.54) is 0 Å². The molecule has 0 spiro atoms. The number of fused-ring (bicyclic) bond motifs is 2. The molecule has 7 heteroatoms. The van der Waals surface area contributed by atoms with E-state index in [1.54, 1.807) is 24.9 Å². The molecule has 1 aliphatic heterocycles. The highest BCUT2D eigenvalue weighted by Crippen LogP contribution is 2.43. The molecule has 1 saturated carbocycles. The van der Waals surface area contributed by atoms with Gasteiger partial charge in [0, 0.05) is 40.2 Å². The molecule has 3 heterocycles. The van der Waals surface area contributed by atoms with Gasteiger partial charge in [-0.25, -0.2) is 4.52 Å². The first-order chi connectivity index (χ1) is 11.6. The second-order valence-corrected chi connectivity index (χ2v) is 6.90. The van der Waals surface area contributed by atoms with Gasteiger partial charge in [-0.15, -0.1) is 0 Å². The summed E-state index contributed by atoms with van der Waals surface area (Å²) in [6.07, 6.45) is 9.25. The summed E-state index contributed by atoms with van der Waals surface area (Å²) >= 11 is 0. The average Bonchev–Trinajstić information content (AvgIpc) is 3.28. The molecule has 7 nitrogen and oxygen atoms in total. The maximum Gasteiger partial charge on any atom is 0.259 e. The van der Waals surface area contributed by atoms with E-state index in [-0.39, 0.29) is 23.7 Å². The fraction of sp³-hybridized carbons (Fsp3) is 0.647. The van der Waals surface area contributed by atoms with Gasteiger partial charge in [0.05, 0.1) is 23.9 Å². The van der Waals surface area contributed by atoms with Gasteiger partial charge in [0.25, 0.3) is 5.91 Å². The van der Waals surface area contributed by atoms with Crippen molar-refractivity contribution in [2.24, 2.45) is 7.05 Å². The Kier molecular flexibility index (Phi) is 3.65. The van der Waals surface area contributed by atoms with Crippen molar-refractivity contribution >= 4 is 11.6 Å². The Morgan fingerprint density at radius 1 is 1.33 bits per heavy atom. The molecule has 130 valence electrons. The number of amides is 1. The number of hydrogen-bond acceptors (Lipinski definition) is 4. The van der Waals surface area contributed by atoms with Gasteiger partial charge in [0.1, 0.15) is 11.2 Å². The molecule has 0 unspecified atom stereocenters. The van der Waals surface area contributed by atoms with Gasteiger partial charge in [-0.05, 0) is 25.7 Å². The number of imidazole rings is 1. The molecule has 0 bridgehead atoms. The Balaban J connectivity index is 1.68. The molecule has 0 aromatic carbocycles. The Morgan fingerprint density at radius 3 is 2.92 bits per heavy atom. The van der Waals surface area contributed by atoms with Gasteiger partial charge in [-0.1, -0.05) is 0 Å². The Hall–Kier alpha value is -1.86. The molecule has 4 rings (SSSR count). The van der Waals surface area contributed by atoms with Crippen molar-refractivity contribution in [3.8, 4) is 0 Å². The van der Waals surface area contributed by atoms with E-state index in [4.69, 9.17) is 9.47 Å². The van der Waals surface area contributed by atoms with Crippen molar-refractivity contribution < 1.29 is 14.3 Å². The van der Waals surface area contributed by atoms with Crippen molar-refractivity contribution in [1.29, 1.82) is 0 Å². The van der Waals surface area contributed by atoms with Crippen LogP contribution >= 0.6 is 0 Å². The molecule has 0 radical (unpaired) electrons. The summed E-state index contributed by atoms with van der Waals surface area (Å²) in [6, 6.07) is 0.0592. The van der Waals surface area contributed by atoms with Crippen LogP contribution in [0.3, 0.4) is 0 Å². The molecule has 1 saturated heterocycles. The van der Waals surface area contributed by atoms with Gasteiger partial charge in [-0.3, -0.25) is 4.79 Å². The summed E-state index contributed by atoms with van der Waals surface area (Å²) in [4.78, 5) is 15.2. The molecular formula is C17H24N4O3. The van der Waals surface area contributed by atoms with E-state index in [9.17, 15) is 4.79 Å². The predicted octanol–water partition coefficient (Wildman–Crippen LogP) is 1.47. The molecule has 2 aromatic heterocycles. The highest BCUT2D eigenvalue weighted by Gasteiger charge is 2.53. The minimum Gasteiger partial charge on any atom is -0.381 e. The van der Waals surface area contributed by atoms with Crippen LogP contribution in [0.25, 0.3) is 5.65 Å². The van der Waals surface area contributed by atoms with Crippen LogP contribution in [0.2, 0.25) is 0 Å². The van der Waals surface area contributed by atoms with Crippen LogP contribution in [-0.4, -0.2) is 63.5 Å². The van der Waals surface area contributed by atoms with Gasteiger partial charge in [0.15, 0.2) is 0 Å². The second kappa shape index (κ2) is 5.60. The largest absolute Gasteiger partial charge is 0.381 e. The highest BCUT2D eigenvalue weighted by molar-refractivity contribution is 6.00.